The summed E-state index contributed by atoms with van der Waals surface area (Å²) >= 11 is 1.67. The molecule has 5 aromatic rings. The van der Waals surface area contributed by atoms with Crippen LogP contribution < -0.4 is 0 Å². The van der Waals surface area contributed by atoms with Crippen LogP contribution in [0.3, 0.4) is 0 Å². The molecule has 0 amide bonds. The molecule has 3 aromatic carbocycles. The van der Waals surface area contributed by atoms with Gasteiger partial charge in [0.05, 0.1) is 6.20 Å². The van der Waals surface area contributed by atoms with E-state index in [0.717, 1.165) is 16.6 Å². The zero-order valence-corrected chi connectivity index (χ0v) is 16.3. The van der Waals surface area contributed by atoms with Crippen molar-refractivity contribution in [3.05, 3.63) is 97.0 Å². The molecular formula is C23H17N5S. The molecule has 5 nitrogen and oxygen atoms in total. The zero-order chi connectivity index (χ0) is 19.5. The number of fused-ring (bicyclic) bond motifs is 1. The fourth-order valence-corrected chi connectivity index (χ4v) is 4.27. The molecule has 0 saturated heterocycles. The summed E-state index contributed by atoms with van der Waals surface area (Å²) in [6, 6.07) is 25.0. The highest BCUT2D eigenvalue weighted by Crippen LogP contribution is 2.30. The van der Waals surface area contributed by atoms with Crippen molar-refractivity contribution in [1.82, 2.24) is 24.7 Å². The number of nitrogens with zero attached hydrogens (tertiary/aromatic N) is 5. The van der Waals surface area contributed by atoms with Crippen LogP contribution in [0, 0.1) is 0 Å². The van der Waals surface area contributed by atoms with Crippen LogP contribution >= 0.6 is 11.8 Å². The third kappa shape index (κ3) is 3.50. The van der Waals surface area contributed by atoms with Crippen LogP contribution in [0.2, 0.25) is 0 Å². The van der Waals surface area contributed by atoms with Crippen molar-refractivity contribution in [3.8, 4) is 17.2 Å². The maximum absolute atomic E-state index is 4.47. The summed E-state index contributed by atoms with van der Waals surface area (Å²) in [4.78, 5) is 8.60. The quantitative estimate of drug-likeness (QED) is 0.384. The van der Waals surface area contributed by atoms with Crippen LogP contribution in [0.1, 0.15) is 5.56 Å². The van der Waals surface area contributed by atoms with Crippen molar-refractivity contribution in [2.75, 3.05) is 0 Å². The van der Waals surface area contributed by atoms with E-state index < -0.39 is 0 Å². The number of hydrogen-bond acceptors (Lipinski definition) is 5. The first-order valence-electron chi connectivity index (χ1n) is 9.27. The van der Waals surface area contributed by atoms with Gasteiger partial charge in [0.1, 0.15) is 5.69 Å². The van der Waals surface area contributed by atoms with Crippen LogP contribution in [0.25, 0.3) is 28.0 Å². The number of aromatic nitrogens is 5. The summed E-state index contributed by atoms with van der Waals surface area (Å²) in [7, 11) is 0. The van der Waals surface area contributed by atoms with Crippen molar-refractivity contribution >= 4 is 22.5 Å². The Labute approximate surface area is 172 Å². The van der Waals surface area contributed by atoms with Gasteiger partial charge in [0.25, 0.3) is 0 Å². The first-order valence-corrected chi connectivity index (χ1v) is 10.3. The van der Waals surface area contributed by atoms with Gasteiger partial charge < -0.3 is 0 Å². The Balaban J connectivity index is 1.54. The summed E-state index contributed by atoms with van der Waals surface area (Å²) in [5.41, 5.74) is 2.97. The predicted octanol–water partition coefficient (Wildman–Crippen LogP) is 5.17. The largest absolute Gasteiger partial charge is 0.269 e. The molecule has 0 saturated carbocycles. The van der Waals surface area contributed by atoms with Gasteiger partial charge in [-0.05, 0) is 28.5 Å². The molecule has 140 valence electrons. The van der Waals surface area contributed by atoms with E-state index in [1.54, 1.807) is 30.4 Å². The second-order valence-corrected chi connectivity index (χ2v) is 7.44. The van der Waals surface area contributed by atoms with Gasteiger partial charge >= 0.3 is 0 Å². The van der Waals surface area contributed by atoms with E-state index in [1.165, 1.54) is 16.3 Å². The van der Waals surface area contributed by atoms with E-state index in [-0.39, 0.29) is 0 Å². The highest BCUT2D eigenvalue weighted by Gasteiger charge is 2.17. The standard InChI is InChI=1S/C23H17N5S/c1-2-10-19(11-3-1)28-22(21-15-24-13-14-25-21)26-27-23(28)29-16-18-9-6-8-17-7-4-5-12-20(17)18/h1-15H,16H2. The van der Waals surface area contributed by atoms with Gasteiger partial charge in [-0.3, -0.25) is 9.55 Å². The van der Waals surface area contributed by atoms with Crippen molar-refractivity contribution in [3.63, 3.8) is 0 Å². The smallest absolute Gasteiger partial charge is 0.196 e. The second-order valence-electron chi connectivity index (χ2n) is 6.49. The molecule has 0 N–H and O–H groups in total. The Morgan fingerprint density at radius 1 is 0.793 bits per heavy atom. The van der Waals surface area contributed by atoms with Crippen LogP contribution in [0.5, 0.6) is 0 Å². The van der Waals surface area contributed by atoms with E-state index in [4.69, 9.17) is 0 Å². The van der Waals surface area contributed by atoms with Crippen molar-refractivity contribution in [2.24, 2.45) is 0 Å². The van der Waals surface area contributed by atoms with Gasteiger partial charge in [-0.2, -0.15) is 0 Å². The molecule has 29 heavy (non-hydrogen) atoms. The van der Waals surface area contributed by atoms with Crippen LogP contribution in [0.4, 0.5) is 0 Å². The second kappa shape index (κ2) is 7.85. The Bertz CT molecular complexity index is 1250. The summed E-state index contributed by atoms with van der Waals surface area (Å²) < 4.78 is 2.04. The molecule has 0 spiro atoms. The van der Waals surface area contributed by atoms with E-state index >= 15 is 0 Å². The molecule has 0 aliphatic carbocycles. The Morgan fingerprint density at radius 3 is 2.48 bits per heavy atom. The van der Waals surface area contributed by atoms with Gasteiger partial charge in [0.2, 0.25) is 0 Å². The minimum atomic E-state index is 0.685. The number of thioether (sulfide) groups is 1. The highest BCUT2D eigenvalue weighted by molar-refractivity contribution is 7.98. The number of hydrogen-bond donors (Lipinski definition) is 0. The third-order valence-electron chi connectivity index (χ3n) is 4.68. The molecule has 0 fully saturated rings. The lowest BCUT2D eigenvalue weighted by Gasteiger charge is -2.10. The van der Waals surface area contributed by atoms with Gasteiger partial charge in [0, 0.05) is 23.8 Å². The van der Waals surface area contributed by atoms with E-state index in [9.17, 15) is 0 Å². The topological polar surface area (TPSA) is 56.5 Å². The molecule has 5 rings (SSSR count). The van der Waals surface area contributed by atoms with Crippen molar-refractivity contribution in [2.45, 2.75) is 10.9 Å². The maximum Gasteiger partial charge on any atom is 0.196 e. The van der Waals surface area contributed by atoms with Gasteiger partial charge in [-0.25, -0.2) is 4.98 Å². The molecule has 0 unspecified atom stereocenters. The highest BCUT2D eigenvalue weighted by atomic mass is 32.2. The number of rotatable bonds is 5. The molecular weight excluding hydrogens is 378 g/mol. The Morgan fingerprint density at radius 2 is 1.62 bits per heavy atom. The SMILES string of the molecule is c1ccc(-n2c(SCc3cccc4ccccc34)nnc2-c2cnccn2)cc1. The lowest BCUT2D eigenvalue weighted by molar-refractivity contribution is 0.884. The Hall–Kier alpha value is -3.51. The fourth-order valence-electron chi connectivity index (χ4n) is 3.31. The average Bonchev–Trinajstić information content (AvgIpc) is 3.23. The molecule has 0 aliphatic heterocycles. The molecule has 0 atom stereocenters. The number of para-hydroxylation sites is 1. The third-order valence-corrected chi connectivity index (χ3v) is 5.65. The first-order chi connectivity index (χ1) is 14.4. The number of benzene rings is 3. The minimum absolute atomic E-state index is 0.685. The van der Waals surface area contributed by atoms with Gasteiger partial charge in [-0.15, -0.1) is 10.2 Å². The van der Waals surface area contributed by atoms with E-state index in [1.807, 2.05) is 34.9 Å². The zero-order valence-electron chi connectivity index (χ0n) is 15.5. The normalized spacial score (nSPS) is 11.0. The van der Waals surface area contributed by atoms with Crippen molar-refractivity contribution in [1.29, 1.82) is 0 Å². The molecule has 2 heterocycles. The van der Waals surface area contributed by atoms with Crippen LogP contribution in [-0.4, -0.2) is 24.7 Å². The van der Waals surface area contributed by atoms with Crippen LogP contribution in [0.15, 0.2) is 96.5 Å². The first kappa shape index (κ1) is 17.6. The summed E-state index contributed by atoms with van der Waals surface area (Å²) in [6.07, 6.45) is 5.04. The summed E-state index contributed by atoms with van der Waals surface area (Å²) in [6.45, 7) is 0. The summed E-state index contributed by atoms with van der Waals surface area (Å²) in [5.74, 6) is 1.48. The van der Waals surface area contributed by atoms with Gasteiger partial charge in [0.15, 0.2) is 11.0 Å². The van der Waals surface area contributed by atoms with Gasteiger partial charge in [-0.1, -0.05) is 72.4 Å². The molecule has 0 radical (unpaired) electrons. The summed E-state index contributed by atoms with van der Waals surface area (Å²) in [5, 5.41) is 12.2. The maximum atomic E-state index is 4.47. The molecule has 0 bridgehead atoms. The van der Waals surface area contributed by atoms with E-state index in [2.05, 4.69) is 62.6 Å². The van der Waals surface area contributed by atoms with Crippen LogP contribution in [-0.2, 0) is 5.75 Å². The molecule has 6 heteroatoms. The predicted molar refractivity (Wildman–Crippen MR) is 116 cm³/mol. The lowest BCUT2D eigenvalue weighted by Crippen LogP contribution is -2.01. The monoisotopic (exact) mass is 395 g/mol. The molecule has 2 aromatic heterocycles. The fraction of sp³-hybridized carbons (Fsp3) is 0.0435. The minimum Gasteiger partial charge on any atom is -0.269 e. The van der Waals surface area contributed by atoms with E-state index in [0.29, 0.717) is 11.5 Å². The lowest BCUT2D eigenvalue weighted by atomic mass is 10.1. The average molecular weight is 395 g/mol. The molecule has 0 aliphatic rings. The van der Waals surface area contributed by atoms with Crippen molar-refractivity contribution < 1.29 is 0 Å². The Kier molecular flexibility index (Phi) is 4.76.